The minimum atomic E-state index is -0.907. The summed E-state index contributed by atoms with van der Waals surface area (Å²) in [6.07, 6.45) is -0.205. The summed E-state index contributed by atoms with van der Waals surface area (Å²) in [7, 11) is 1.54. The fraction of sp³-hybridized carbons (Fsp3) is 0.294. The van der Waals surface area contributed by atoms with Crippen LogP contribution in [0, 0.1) is 10.1 Å². The van der Waals surface area contributed by atoms with Crippen molar-refractivity contribution >= 4 is 5.69 Å². The molecule has 122 valence electrons. The van der Waals surface area contributed by atoms with Crippen LogP contribution in [-0.2, 0) is 6.42 Å². The number of benzene rings is 2. The van der Waals surface area contributed by atoms with Crippen molar-refractivity contribution in [2.24, 2.45) is 0 Å². The molecule has 6 heteroatoms. The number of ether oxygens (including phenoxy) is 2. The Morgan fingerprint density at radius 1 is 1.26 bits per heavy atom. The van der Waals surface area contributed by atoms with Crippen molar-refractivity contribution in [1.82, 2.24) is 0 Å². The highest BCUT2D eigenvalue weighted by atomic mass is 16.6. The molecule has 0 saturated carbocycles. The maximum atomic E-state index is 11.1. The van der Waals surface area contributed by atoms with Crippen molar-refractivity contribution in [3.8, 4) is 11.5 Å². The van der Waals surface area contributed by atoms with Gasteiger partial charge >= 0.3 is 5.69 Å². The van der Waals surface area contributed by atoms with Crippen LogP contribution in [0.15, 0.2) is 42.5 Å². The van der Waals surface area contributed by atoms with Crippen LogP contribution in [0.2, 0.25) is 0 Å². The van der Waals surface area contributed by atoms with Crippen LogP contribution < -0.4 is 9.47 Å². The SMILES string of the molecule is CCc1ccc(OCC(O)c2cccc(OC)c2)c([N+](=O)[O-])c1. The number of nitro benzene ring substituents is 1. The van der Waals surface area contributed by atoms with Gasteiger partial charge in [-0.25, -0.2) is 0 Å². The zero-order valence-electron chi connectivity index (χ0n) is 13.1. The average molecular weight is 317 g/mol. The molecule has 0 aromatic heterocycles. The lowest BCUT2D eigenvalue weighted by molar-refractivity contribution is -0.386. The number of hydrogen-bond donors (Lipinski definition) is 1. The fourth-order valence-electron chi connectivity index (χ4n) is 2.16. The van der Waals surface area contributed by atoms with E-state index in [9.17, 15) is 15.2 Å². The van der Waals surface area contributed by atoms with Gasteiger partial charge in [-0.05, 0) is 35.7 Å². The van der Waals surface area contributed by atoms with Gasteiger partial charge in [0.05, 0.1) is 12.0 Å². The van der Waals surface area contributed by atoms with Crippen LogP contribution in [0.1, 0.15) is 24.2 Å². The number of aliphatic hydroxyl groups is 1. The molecule has 1 atom stereocenters. The number of rotatable bonds is 7. The molecule has 0 spiro atoms. The fourth-order valence-corrected chi connectivity index (χ4v) is 2.16. The molecular formula is C17H19NO5. The first-order valence-electron chi connectivity index (χ1n) is 7.27. The maximum Gasteiger partial charge on any atom is 0.311 e. The van der Waals surface area contributed by atoms with Crippen molar-refractivity contribution in [3.05, 3.63) is 63.7 Å². The van der Waals surface area contributed by atoms with E-state index in [4.69, 9.17) is 9.47 Å². The van der Waals surface area contributed by atoms with Crippen molar-refractivity contribution < 1.29 is 19.5 Å². The second-order valence-electron chi connectivity index (χ2n) is 5.02. The predicted molar refractivity (Wildman–Crippen MR) is 85.9 cm³/mol. The molecule has 1 unspecified atom stereocenters. The van der Waals surface area contributed by atoms with Crippen LogP contribution in [0.4, 0.5) is 5.69 Å². The lowest BCUT2D eigenvalue weighted by Gasteiger charge is -2.14. The highest BCUT2D eigenvalue weighted by Gasteiger charge is 2.17. The summed E-state index contributed by atoms with van der Waals surface area (Å²) in [4.78, 5) is 10.7. The first kappa shape index (κ1) is 16.8. The smallest absolute Gasteiger partial charge is 0.311 e. The molecule has 0 amide bonds. The summed E-state index contributed by atoms with van der Waals surface area (Å²) in [5.74, 6) is 0.772. The Kier molecular flexibility index (Phi) is 5.54. The summed E-state index contributed by atoms with van der Waals surface area (Å²) >= 11 is 0. The summed E-state index contributed by atoms with van der Waals surface area (Å²) in [5.41, 5.74) is 1.39. The molecule has 0 aliphatic heterocycles. The molecule has 2 aromatic rings. The minimum absolute atomic E-state index is 0.0838. The van der Waals surface area contributed by atoms with Gasteiger partial charge in [0.15, 0.2) is 5.75 Å². The summed E-state index contributed by atoms with van der Waals surface area (Å²) in [5, 5.41) is 21.3. The predicted octanol–water partition coefficient (Wildman–Crippen LogP) is 3.28. The maximum absolute atomic E-state index is 11.1. The highest BCUT2D eigenvalue weighted by Crippen LogP contribution is 2.29. The molecule has 0 aliphatic rings. The van der Waals surface area contributed by atoms with E-state index in [0.717, 1.165) is 5.56 Å². The zero-order valence-corrected chi connectivity index (χ0v) is 13.1. The van der Waals surface area contributed by atoms with Crippen LogP contribution in [0.3, 0.4) is 0 Å². The first-order valence-corrected chi connectivity index (χ1v) is 7.27. The normalized spacial score (nSPS) is 11.8. The van der Waals surface area contributed by atoms with E-state index in [2.05, 4.69) is 0 Å². The van der Waals surface area contributed by atoms with E-state index in [0.29, 0.717) is 17.7 Å². The molecular weight excluding hydrogens is 298 g/mol. The number of methoxy groups -OCH3 is 1. The van der Waals surface area contributed by atoms with Gasteiger partial charge in [0.1, 0.15) is 18.5 Å². The molecule has 0 radical (unpaired) electrons. The second kappa shape index (κ2) is 7.60. The Bertz CT molecular complexity index is 686. The van der Waals surface area contributed by atoms with Crippen LogP contribution in [-0.4, -0.2) is 23.7 Å². The van der Waals surface area contributed by atoms with Crippen LogP contribution in [0.25, 0.3) is 0 Å². The van der Waals surface area contributed by atoms with Gasteiger partial charge in [0.2, 0.25) is 0 Å². The quantitative estimate of drug-likeness (QED) is 0.626. The molecule has 0 heterocycles. The van der Waals surface area contributed by atoms with Gasteiger partial charge in [-0.1, -0.05) is 25.1 Å². The Labute approximate surface area is 134 Å². The van der Waals surface area contributed by atoms with Gasteiger partial charge in [-0.3, -0.25) is 10.1 Å². The Morgan fingerprint density at radius 3 is 2.70 bits per heavy atom. The Balaban J connectivity index is 2.12. The molecule has 6 nitrogen and oxygen atoms in total. The van der Waals surface area contributed by atoms with Gasteiger partial charge < -0.3 is 14.6 Å². The largest absolute Gasteiger partial charge is 0.497 e. The lowest BCUT2D eigenvalue weighted by Crippen LogP contribution is -2.10. The van der Waals surface area contributed by atoms with E-state index >= 15 is 0 Å². The molecule has 2 rings (SSSR count). The van der Waals surface area contributed by atoms with E-state index in [-0.39, 0.29) is 18.0 Å². The highest BCUT2D eigenvalue weighted by molar-refractivity contribution is 5.48. The molecule has 1 N–H and O–H groups in total. The second-order valence-corrected chi connectivity index (χ2v) is 5.02. The molecule has 0 fully saturated rings. The molecule has 0 saturated heterocycles. The lowest BCUT2D eigenvalue weighted by atomic mass is 10.1. The minimum Gasteiger partial charge on any atom is -0.497 e. The number of aliphatic hydroxyl groups excluding tert-OH is 1. The van der Waals surface area contributed by atoms with E-state index in [1.165, 1.54) is 6.07 Å². The van der Waals surface area contributed by atoms with Gasteiger partial charge in [0.25, 0.3) is 0 Å². The van der Waals surface area contributed by atoms with Crippen molar-refractivity contribution in [2.75, 3.05) is 13.7 Å². The number of nitro groups is 1. The monoisotopic (exact) mass is 317 g/mol. The summed E-state index contributed by atoms with van der Waals surface area (Å²) in [6, 6.07) is 11.8. The van der Waals surface area contributed by atoms with Crippen LogP contribution in [0.5, 0.6) is 11.5 Å². The topological polar surface area (TPSA) is 81.8 Å². The molecule has 0 bridgehead atoms. The van der Waals surface area contributed by atoms with Crippen molar-refractivity contribution in [2.45, 2.75) is 19.4 Å². The van der Waals surface area contributed by atoms with Gasteiger partial charge in [-0.15, -0.1) is 0 Å². The van der Waals surface area contributed by atoms with Crippen LogP contribution >= 0.6 is 0 Å². The van der Waals surface area contributed by atoms with Gasteiger partial charge in [-0.2, -0.15) is 0 Å². The average Bonchev–Trinajstić information content (AvgIpc) is 2.59. The molecule has 0 aliphatic carbocycles. The number of hydrogen-bond acceptors (Lipinski definition) is 5. The van der Waals surface area contributed by atoms with E-state index < -0.39 is 11.0 Å². The number of aryl methyl sites for hydroxylation is 1. The third kappa shape index (κ3) is 4.20. The summed E-state index contributed by atoms with van der Waals surface area (Å²) in [6.45, 7) is 1.84. The molecule has 2 aromatic carbocycles. The summed E-state index contributed by atoms with van der Waals surface area (Å²) < 4.78 is 10.6. The Morgan fingerprint density at radius 2 is 2.04 bits per heavy atom. The Hall–Kier alpha value is -2.60. The van der Waals surface area contributed by atoms with Gasteiger partial charge in [0, 0.05) is 6.07 Å². The third-order valence-corrected chi connectivity index (χ3v) is 3.50. The number of nitrogens with zero attached hydrogens (tertiary/aromatic N) is 1. The molecule has 23 heavy (non-hydrogen) atoms. The van der Waals surface area contributed by atoms with Crippen molar-refractivity contribution in [1.29, 1.82) is 0 Å². The van der Waals surface area contributed by atoms with E-state index in [1.807, 2.05) is 6.92 Å². The van der Waals surface area contributed by atoms with Crippen molar-refractivity contribution in [3.63, 3.8) is 0 Å². The third-order valence-electron chi connectivity index (χ3n) is 3.50. The first-order chi connectivity index (χ1) is 11.0. The zero-order chi connectivity index (χ0) is 16.8. The van der Waals surface area contributed by atoms with E-state index in [1.54, 1.807) is 43.5 Å². The standard InChI is InChI=1S/C17H19NO5/c1-3-12-7-8-17(15(9-12)18(20)21)23-11-16(19)13-5-4-6-14(10-13)22-2/h4-10,16,19H,3,11H2,1-2H3.